The normalized spacial score (nSPS) is 15.8. The van der Waals surface area contributed by atoms with Gasteiger partial charge in [-0.2, -0.15) is 5.10 Å². The molecule has 3 aromatic rings. The van der Waals surface area contributed by atoms with E-state index in [4.69, 9.17) is 17.3 Å². The molecule has 0 fully saturated rings. The average molecular weight is 429 g/mol. The third kappa shape index (κ3) is 3.56. The van der Waals surface area contributed by atoms with Gasteiger partial charge >= 0.3 is 0 Å². The molecule has 0 bridgehead atoms. The molecule has 1 aliphatic carbocycles. The van der Waals surface area contributed by atoms with E-state index < -0.39 is 11.8 Å². The first-order chi connectivity index (χ1) is 13.9. The highest BCUT2D eigenvalue weighted by Crippen LogP contribution is 2.40. The van der Waals surface area contributed by atoms with Gasteiger partial charge in [-0.15, -0.1) is 11.3 Å². The minimum absolute atomic E-state index is 0.224. The van der Waals surface area contributed by atoms with Gasteiger partial charge in [-0.05, 0) is 49.8 Å². The number of nitrogens with one attached hydrogen (secondary N) is 1. The van der Waals surface area contributed by atoms with Crippen molar-refractivity contribution >= 4 is 39.8 Å². The predicted molar refractivity (Wildman–Crippen MR) is 115 cm³/mol. The van der Waals surface area contributed by atoms with E-state index in [9.17, 15) is 9.59 Å². The van der Waals surface area contributed by atoms with Gasteiger partial charge in [0.2, 0.25) is 0 Å². The van der Waals surface area contributed by atoms with E-state index in [0.717, 1.165) is 35.4 Å². The molecule has 2 heterocycles. The Hall–Kier alpha value is -2.64. The summed E-state index contributed by atoms with van der Waals surface area (Å²) in [5, 5.41) is 7.99. The number of benzene rings is 1. The molecule has 8 heteroatoms. The number of hydrogen-bond acceptors (Lipinski definition) is 4. The number of halogens is 1. The molecule has 2 amide bonds. The largest absolute Gasteiger partial charge is 0.365 e. The van der Waals surface area contributed by atoms with E-state index in [2.05, 4.69) is 17.3 Å². The van der Waals surface area contributed by atoms with Crippen LogP contribution in [0.15, 0.2) is 30.3 Å². The van der Waals surface area contributed by atoms with Crippen LogP contribution in [0, 0.1) is 12.8 Å². The summed E-state index contributed by atoms with van der Waals surface area (Å²) in [6.07, 6.45) is 2.70. The first-order valence-corrected chi connectivity index (χ1v) is 10.6. The number of carbonyl (C=O) groups is 2. The number of amides is 2. The average Bonchev–Trinajstić information content (AvgIpc) is 3.18. The van der Waals surface area contributed by atoms with Crippen LogP contribution in [0.4, 0.5) is 5.00 Å². The summed E-state index contributed by atoms with van der Waals surface area (Å²) in [7, 11) is 0. The maximum atomic E-state index is 13.1. The van der Waals surface area contributed by atoms with E-state index >= 15 is 0 Å². The summed E-state index contributed by atoms with van der Waals surface area (Å²) in [5.41, 5.74) is 8.59. The zero-order valence-corrected chi connectivity index (χ0v) is 17.7. The standard InChI is InChI=1S/C21H21ClN4O2S/c1-11-8-9-14-15(10-11)29-21(17(14)19(23)27)24-20(28)16-12(2)25-26(18(16)22)13-6-4-3-5-7-13/h3-7,11H,8-10H2,1-2H3,(H2,23,27)(H,24,28). The molecule has 0 aliphatic heterocycles. The number of nitrogens with two attached hydrogens (primary N) is 1. The second kappa shape index (κ2) is 7.65. The van der Waals surface area contributed by atoms with Gasteiger partial charge in [0.1, 0.15) is 15.7 Å². The highest BCUT2D eigenvalue weighted by molar-refractivity contribution is 7.17. The van der Waals surface area contributed by atoms with Crippen molar-refractivity contribution in [3.05, 3.63) is 62.7 Å². The number of aryl methyl sites for hydroxylation is 1. The van der Waals surface area contributed by atoms with Gasteiger partial charge in [-0.25, -0.2) is 4.68 Å². The Kier molecular flexibility index (Phi) is 5.19. The van der Waals surface area contributed by atoms with Gasteiger partial charge in [0.25, 0.3) is 11.8 Å². The van der Waals surface area contributed by atoms with Gasteiger partial charge in [-0.1, -0.05) is 36.7 Å². The number of para-hydroxylation sites is 1. The van der Waals surface area contributed by atoms with Crippen LogP contribution in [-0.4, -0.2) is 21.6 Å². The number of carbonyl (C=O) groups excluding carboxylic acids is 2. The first kappa shape index (κ1) is 19.7. The minimum atomic E-state index is -0.518. The van der Waals surface area contributed by atoms with Crippen LogP contribution < -0.4 is 11.1 Å². The van der Waals surface area contributed by atoms with E-state index in [1.807, 2.05) is 30.3 Å². The number of anilines is 1. The lowest BCUT2D eigenvalue weighted by Crippen LogP contribution is -2.19. The lowest BCUT2D eigenvalue weighted by Gasteiger charge is -2.18. The number of fused-ring (bicyclic) bond motifs is 1. The zero-order chi connectivity index (χ0) is 20.7. The van der Waals surface area contributed by atoms with Crippen molar-refractivity contribution < 1.29 is 9.59 Å². The lowest BCUT2D eigenvalue weighted by molar-refractivity contribution is 0.1000. The molecule has 1 aromatic carbocycles. The number of nitrogens with zero attached hydrogens (tertiary/aromatic N) is 2. The predicted octanol–water partition coefficient (Wildman–Crippen LogP) is 4.37. The van der Waals surface area contributed by atoms with Gasteiger partial charge in [-0.3, -0.25) is 9.59 Å². The Bertz CT molecular complexity index is 1100. The van der Waals surface area contributed by atoms with Crippen LogP contribution in [-0.2, 0) is 12.8 Å². The highest BCUT2D eigenvalue weighted by atomic mass is 35.5. The van der Waals surface area contributed by atoms with Crippen molar-refractivity contribution in [2.45, 2.75) is 33.1 Å². The van der Waals surface area contributed by atoms with Gasteiger partial charge in [0.15, 0.2) is 0 Å². The second-order valence-corrected chi connectivity index (χ2v) is 8.84. The quantitative estimate of drug-likeness (QED) is 0.646. The van der Waals surface area contributed by atoms with Gasteiger partial charge < -0.3 is 11.1 Å². The number of thiophene rings is 1. The molecule has 0 radical (unpaired) electrons. The molecule has 1 unspecified atom stereocenters. The minimum Gasteiger partial charge on any atom is -0.365 e. The Labute approximate surface area is 177 Å². The van der Waals surface area contributed by atoms with Crippen molar-refractivity contribution in [3.8, 4) is 5.69 Å². The highest BCUT2D eigenvalue weighted by Gasteiger charge is 2.29. The summed E-state index contributed by atoms with van der Waals surface area (Å²) in [4.78, 5) is 26.3. The first-order valence-electron chi connectivity index (χ1n) is 9.43. The molecule has 2 aromatic heterocycles. The lowest BCUT2D eigenvalue weighted by atomic mass is 9.88. The summed E-state index contributed by atoms with van der Waals surface area (Å²) >= 11 is 7.93. The Morgan fingerprint density at radius 1 is 1.28 bits per heavy atom. The second-order valence-electron chi connectivity index (χ2n) is 7.37. The molecule has 6 nitrogen and oxygen atoms in total. The molecule has 150 valence electrons. The van der Waals surface area contributed by atoms with Crippen LogP contribution in [0.2, 0.25) is 5.15 Å². The van der Waals surface area contributed by atoms with E-state index in [1.54, 1.807) is 6.92 Å². The summed E-state index contributed by atoms with van der Waals surface area (Å²) in [6.45, 7) is 3.92. The molecular weight excluding hydrogens is 408 g/mol. The number of aromatic nitrogens is 2. The van der Waals surface area contributed by atoms with E-state index in [-0.39, 0.29) is 10.7 Å². The number of rotatable bonds is 4. The molecule has 1 aliphatic rings. The molecular formula is C21H21ClN4O2S. The SMILES string of the molecule is Cc1nn(-c2ccccc2)c(Cl)c1C(=O)Nc1sc2c(c1C(N)=O)CCC(C)C2. The molecule has 1 atom stereocenters. The monoisotopic (exact) mass is 428 g/mol. The number of primary amides is 1. The van der Waals surface area contributed by atoms with Crippen molar-refractivity contribution in [2.24, 2.45) is 11.7 Å². The smallest absolute Gasteiger partial charge is 0.261 e. The Balaban J connectivity index is 1.69. The number of hydrogen-bond donors (Lipinski definition) is 2. The van der Waals surface area contributed by atoms with Crippen LogP contribution in [0.1, 0.15) is 50.2 Å². The van der Waals surface area contributed by atoms with Crippen molar-refractivity contribution in [2.75, 3.05) is 5.32 Å². The van der Waals surface area contributed by atoms with Crippen LogP contribution >= 0.6 is 22.9 Å². The molecule has 3 N–H and O–H groups in total. The maximum absolute atomic E-state index is 13.1. The summed E-state index contributed by atoms with van der Waals surface area (Å²) in [6, 6.07) is 9.36. The summed E-state index contributed by atoms with van der Waals surface area (Å²) < 4.78 is 1.53. The molecule has 0 spiro atoms. The van der Waals surface area contributed by atoms with Gasteiger partial charge in [0.05, 0.1) is 16.9 Å². The molecule has 0 saturated heterocycles. The van der Waals surface area contributed by atoms with Crippen LogP contribution in [0.5, 0.6) is 0 Å². The van der Waals surface area contributed by atoms with Crippen LogP contribution in [0.25, 0.3) is 5.69 Å². The third-order valence-corrected chi connectivity index (χ3v) is 6.74. The maximum Gasteiger partial charge on any atom is 0.261 e. The van der Waals surface area contributed by atoms with Crippen molar-refractivity contribution in [1.82, 2.24) is 9.78 Å². The van der Waals surface area contributed by atoms with E-state index in [1.165, 1.54) is 16.0 Å². The fourth-order valence-corrected chi connectivity index (χ4v) is 5.53. The van der Waals surface area contributed by atoms with Crippen molar-refractivity contribution in [1.29, 1.82) is 0 Å². The van der Waals surface area contributed by atoms with Crippen LogP contribution in [0.3, 0.4) is 0 Å². The Morgan fingerprint density at radius 3 is 2.69 bits per heavy atom. The van der Waals surface area contributed by atoms with Gasteiger partial charge in [0, 0.05) is 4.88 Å². The third-order valence-electron chi connectivity index (χ3n) is 5.22. The summed E-state index contributed by atoms with van der Waals surface area (Å²) in [5.74, 6) is -0.370. The molecule has 29 heavy (non-hydrogen) atoms. The molecule has 0 saturated carbocycles. The Morgan fingerprint density at radius 2 is 2.00 bits per heavy atom. The van der Waals surface area contributed by atoms with Crippen molar-refractivity contribution in [3.63, 3.8) is 0 Å². The fourth-order valence-electron chi connectivity index (χ4n) is 3.76. The zero-order valence-electron chi connectivity index (χ0n) is 16.2. The van der Waals surface area contributed by atoms with E-state index in [0.29, 0.717) is 22.2 Å². The fraction of sp³-hybridized carbons (Fsp3) is 0.286. The molecule has 4 rings (SSSR count). The topological polar surface area (TPSA) is 90.0 Å².